The van der Waals surface area contributed by atoms with E-state index in [9.17, 15) is 14.7 Å². The van der Waals surface area contributed by atoms with Crippen molar-refractivity contribution in [1.29, 1.82) is 0 Å². The van der Waals surface area contributed by atoms with E-state index in [0.717, 1.165) is 12.8 Å². The van der Waals surface area contributed by atoms with Crippen molar-refractivity contribution in [3.8, 4) is 5.75 Å². The maximum Gasteiger partial charge on any atom is 0.308 e. The molecule has 0 aliphatic heterocycles. The van der Waals surface area contributed by atoms with Crippen molar-refractivity contribution in [1.82, 2.24) is 5.32 Å². The van der Waals surface area contributed by atoms with E-state index in [4.69, 9.17) is 9.47 Å². The Hall–Kier alpha value is -2.08. The molecule has 29 heavy (non-hydrogen) atoms. The molecule has 162 valence electrons. The number of benzene rings is 1. The van der Waals surface area contributed by atoms with Crippen LogP contribution in [0.5, 0.6) is 5.75 Å². The van der Waals surface area contributed by atoms with Crippen molar-refractivity contribution in [2.45, 2.75) is 65.5 Å². The number of ether oxygens (including phenoxy) is 2. The van der Waals surface area contributed by atoms with Crippen molar-refractivity contribution in [2.75, 3.05) is 13.2 Å². The highest BCUT2D eigenvalue weighted by atomic mass is 16.5. The van der Waals surface area contributed by atoms with E-state index in [1.807, 2.05) is 0 Å². The van der Waals surface area contributed by atoms with Gasteiger partial charge in [-0.05, 0) is 55.2 Å². The summed E-state index contributed by atoms with van der Waals surface area (Å²) in [4.78, 5) is 24.6. The van der Waals surface area contributed by atoms with E-state index in [-0.39, 0.29) is 37.4 Å². The van der Waals surface area contributed by atoms with E-state index in [1.54, 1.807) is 31.2 Å². The van der Waals surface area contributed by atoms with Gasteiger partial charge in [-0.3, -0.25) is 9.59 Å². The quantitative estimate of drug-likeness (QED) is 0.607. The molecule has 0 radical (unpaired) electrons. The number of esters is 1. The Morgan fingerprint density at radius 1 is 1.28 bits per heavy atom. The molecule has 1 fully saturated rings. The predicted molar refractivity (Wildman–Crippen MR) is 111 cm³/mol. The molecule has 0 saturated heterocycles. The summed E-state index contributed by atoms with van der Waals surface area (Å²) < 4.78 is 11.1. The fourth-order valence-corrected chi connectivity index (χ4v) is 4.11. The third kappa shape index (κ3) is 7.35. The number of nitrogens with one attached hydrogen (secondary N) is 1. The second-order valence-corrected chi connectivity index (χ2v) is 8.40. The smallest absolute Gasteiger partial charge is 0.308 e. The van der Waals surface area contributed by atoms with Crippen LogP contribution in [0.4, 0.5) is 0 Å². The normalized spacial score (nSPS) is 22.9. The van der Waals surface area contributed by atoms with E-state index in [2.05, 4.69) is 26.1 Å². The number of aromatic hydroxyl groups is 1. The minimum absolute atomic E-state index is 0.00187. The van der Waals surface area contributed by atoms with Crippen LogP contribution in [0, 0.1) is 17.8 Å². The van der Waals surface area contributed by atoms with Gasteiger partial charge in [-0.25, -0.2) is 0 Å². The number of phenolic OH excluding ortho intramolecular Hbond substituents is 1. The lowest BCUT2D eigenvalue weighted by Crippen LogP contribution is -2.39. The molecular formula is C23H35NO5. The van der Waals surface area contributed by atoms with Gasteiger partial charge in [0.2, 0.25) is 5.91 Å². The van der Waals surface area contributed by atoms with Gasteiger partial charge in [0.25, 0.3) is 0 Å². The molecule has 1 aliphatic rings. The van der Waals surface area contributed by atoms with E-state index >= 15 is 0 Å². The lowest BCUT2D eigenvalue weighted by Gasteiger charge is -2.37. The summed E-state index contributed by atoms with van der Waals surface area (Å²) in [7, 11) is 0. The molecule has 1 saturated carbocycles. The van der Waals surface area contributed by atoms with E-state index in [1.165, 1.54) is 6.42 Å². The topological polar surface area (TPSA) is 84.9 Å². The molecule has 1 aliphatic carbocycles. The van der Waals surface area contributed by atoms with Crippen molar-refractivity contribution in [3.63, 3.8) is 0 Å². The Bertz CT molecular complexity index is 675. The van der Waals surface area contributed by atoms with Gasteiger partial charge in [-0.2, -0.15) is 0 Å². The van der Waals surface area contributed by atoms with Crippen molar-refractivity contribution < 1.29 is 24.2 Å². The van der Waals surface area contributed by atoms with Crippen LogP contribution in [-0.4, -0.2) is 36.3 Å². The Kier molecular flexibility index (Phi) is 8.96. The van der Waals surface area contributed by atoms with Gasteiger partial charge in [0.15, 0.2) is 0 Å². The summed E-state index contributed by atoms with van der Waals surface area (Å²) in [6.07, 6.45) is 3.37. The van der Waals surface area contributed by atoms with Crippen LogP contribution in [0.1, 0.15) is 65.0 Å². The molecule has 1 amide bonds. The summed E-state index contributed by atoms with van der Waals surface area (Å²) in [5, 5.41) is 12.6. The highest BCUT2D eigenvalue weighted by molar-refractivity contribution is 5.79. The molecule has 2 N–H and O–H groups in total. The monoisotopic (exact) mass is 405 g/mol. The lowest BCUT2D eigenvalue weighted by atomic mass is 9.75. The summed E-state index contributed by atoms with van der Waals surface area (Å²) >= 11 is 0. The van der Waals surface area contributed by atoms with Crippen molar-refractivity contribution >= 4 is 11.9 Å². The number of rotatable bonds is 9. The largest absolute Gasteiger partial charge is 0.508 e. The van der Waals surface area contributed by atoms with Crippen LogP contribution in [0.2, 0.25) is 0 Å². The molecule has 6 heteroatoms. The van der Waals surface area contributed by atoms with Crippen LogP contribution in [0.25, 0.3) is 0 Å². The molecular weight excluding hydrogens is 370 g/mol. The second kappa shape index (κ2) is 11.2. The number of carbonyl (C=O) groups excluding carboxylic acids is 2. The first-order chi connectivity index (χ1) is 13.8. The highest BCUT2D eigenvalue weighted by Gasteiger charge is 2.32. The fraction of sp³-hybridized carbons (Fsp3) is 0.652. The molecule has 0 aromatic heterocycles. The molecule has 0 bridgehead atoms. The summed E-state index contributed by atoms with van der Waals surface area (Å²) in [6.45, 7) is 8.61. The van der Waals surface area contributed by atoms with Gasteiger partial charge in [-0.1, -0.05) is 39.3 Å². The second-order valence-electron chi connectivity index (χ2n) is 8.40. The van der Waals surface area contributed by atoms with Crippen LogP contribution in [-0.2, 0) is 19.1 Å². The van der Waals surface area contributed by atoms with E-state index < -0.39 is 12.0 Å². The fourth-order valence-electron chi connectivity index (χ4n) is 4.11. The summed E-state index contributed by atoms with van der Waals surface area (Å²) in [5.41, 5.74) is 0.651. The van der Waals surface area contributed by atoms with Gasteiger partial charge in [0, 0.05) is 0 Å². The molecule has 2 rings (SSSR count). The molecule has 0 spiro atoms. The Labute approximate surface area is 174 Å². The third-order valence-corrected chi connectivity index (χ3v) is 5.67. The first kappa shape index (κ1) is 23.2. The minimum Gasteiger partial charge on any atom is -0.508 e. The van der Waals surface area contributed by atoms with Crippen LogP contribution >= 0.6 is 0 Å². The molecule has 1 unspecified atom stereocenters. The first-order valence-electron chi connectivity index (χ1n) is 10.7. The van der Waals surface area contributed by atoms with Crippen molar-refractivity contribution in [2.24, 2.45) is 17.8 Å². The lowest BCUT2D eigenvalue weighted by molar-refractivity contribution is -0.144. The molecule has 1 aromatic rings. The average Bonchev–Trinajstić information content (AvgIpc) is 2.66. The SMILES string of the molecule is CCOC(=O)CC(NC(=O)CO[C@H]1C[C@H](C)CC[C@@H]1C(C)C)c1cccc(O)c1. The number of carbonyl (C=O) groups is 2. The van der Waals surface area contributed by atoms with Crippen LogP contribution in [0.3, 0.4) is 0 Å². The highest BCUT2D eigenvalue weighted by Crippen LogP contribution is 2.35. The Balaban J connectivity index is 2.00. The van der Waals surface area contributed by atoms with Gasteiger partial charge in [0.05, 0.1) is 25.2 Å². The number of phenols is 1. The third-order valence-electron chi connectivity index (χ3n) is 5.67. The van der Waals surface area contributed by atoms with Gasteiger partial charge in [0.1, 0.15) is 12.4 Å². The van der Waals surface area contributed by atoms with Gasteiger partial charge < -0.3 is 19.9 Å². The van der Waals surface area contributed by atoms with Crippen LogP contribution in [0.15, 0.2) is 24.3 Å². The minimum atomic E-state index is -0.580. The zero-order valence-corrected chi connectivity index (χ0v) is 18.0. The molecule has 6 nitrogen and oxygen atoms in total. The molecule has 4 atom stereocenters. The first-order valence-corrected chi connectivity index (χ1v) is 10.7. The summed E-state index contributed by atoms with van der Waals surface area (Å²) in [5.74, 6) is 0.978. The van der Waals surface area contributed by atoms with Crippen LogP contribution < -0.4 is 5.32 Å². The predicted octanol–water partition coefficient (Wildman–Crippen LogP) is 3.98. The maximum absolute atomic E-state index is 12.6. The Morgan fingerprint density at radius 2 is 2.03 bits per heavy atom. The van der Waals surface area contributed by atoms with Gasteiger partial charge in [-0.15, -0.1) is 0 Å². The zero-order valence-electron chi connectivity index (χ0n) is 18.0. The van der Waals surface area contributed by atoms with Gasteiger partial charge >= 0.3 is 5.97 Å². The average molecular weight is 406 g/mol. The number of hydrogen-bond acceptors (Lipinski definition) is 5. The molecule has 0 heterocycles. The maximum atomic E-state index is 12.6. The van der Waals surface area contributed by atoms with E-state index in [0.29, 0.717) is 23.3 Å². The number of hydrogen-bond donors (Lipinski definition) is 2. The number of amides is 1. The van der Waals surface area contributed by atoms with Crippen molar-refractivity contribution in [3.05, 3.63) is 29.8 Å². The molecule has 1 aromatic carbocycles. The zero-order chi connectivity index (χ0) is 21.4. The summed E-state index contributed by atoms with van der Waals surface area (Å²) in [6, 6.07) is 5.96. The Morgan fingerprint density at radius 3 is 2.69 bits per heavy atom. The standard InChI is InChI=1S/C23H35NO5/c1-5-28-23(27)13-20(17-7-6-8-18(25)12-17)24-22(26)14-29-21-11-16(4)9-10-19(21)15(2)3/h6-8,12,15-16,19-21,25H,5,9-11,13-14H2,1-4H3,(H,24,26)/t16-,19-,20?,21+/m1/s1.